The van der Waals surface area contributed by atoms with E-state index < -0.39 is 17.8 Å². The standard InChI is InChI=1S/C17H14N2O4S/c1-10-7-8-24-14(10)9-11-15(20)18-17(22)19(16(11)21)12-5-3-4-6-13(12)23-2/h3-9H,1-2H3,(H,18,20,22)/b11-9-. The first-order chi connectivity index (χ1) is 11.5. The molecule has 1 aromatic heterocycles. The lowest BCUT2D eigenvalue weighted by Gasteiger charge is -2.27. The third-order valence-electron chi connectivity index (χ3n) is 3.60. The number of carbonyl (C=O) groups excluding carboxylic acids is 3. The number of amides is 4. The Morgan fingerprint density at radius 2 is 1.92 bits per heavy atom. The largest absolute Gasteiger partial charge is 0.495 e. The van der Waals surface area contributed by atoms with Crippen molar-refractivity contribution in [3.8, 4) is 5.75 Å². The Labute approximate surface area is 142 Å². The summed E-state index contributed by atoms with van der Waals surface area (Å²) in [7, 11) is 1.45. The van der Waals surface area contributed by atoms with Gasteiger partial charge in [-0.3, -0.25) is 14.9 Å². The Bertz CT molecular complexity index is 869. The molecule has 0 saturated carbocycles. The van der Waals surface area contributed by atoms with Crippen molar-refractivity contribution in [2.24, 2.45) is 0 Å². The molecule has 122 valence electrons. The van der Waals surface area contributed by atoms with Gasteiger partial charge < -0.3 is 4.74 Å². The van der Waals surface area contributed by atoms with Crippen molar-refractivity contribution < 1.29 is 19.1 Å². The summed E-state index contributed by atoms with van der Waals surface area (Å²) in [5.74, 6) is -1.02. The molecule has 1 saturated heterocycles. The second-order valence-electron chi connectivity index (χ2n) is 5.10. The minimum atomic E-state index is -0.797. The smallest absolute Gasteiger partial charge is 0.336 e. The monoisotopic (exact) mass is 342 g/mol. The fourth-order valence-electron chi connectivity index (χ4n) is 2.35. The second-order valence-corrected chi connectivity index (χ2v) is 6.05. The molecular formula is C17H14N2O4S. The van der Waals surface area contributed by atoms with Crippen LogP contribution < -0.4 is 15.0 Å². The average Bonchev–Trinajstić information content (AvgIpc) is 2.96. The van der Waals surface area contributed by atoms with Crippen LogP contribution in [0.1, 0.15) is 10.4 Å². The van der Waals surface area contributed by atoms with Gasteiger partial charge in [0.15, 0.2) is 0 Å². The Kier molecular flexibility index (Phi) is 4.18. The number of para-hydroxylation sites is 2. The lowest BCUT2D eigenvalue weighted by atomic mass is 10.1. The topological polar surface area (TPSA) is 75.7 Å². The van der Waals surface area contributed by atoms with Crippen LogP contribution >= 0.6 is 11.3 Å². The Hall–Kier alpha value is -2.93. The molecule has 24 heavy (non-hydrogen) atoms. The van der Waals surface area contributed by atoms with E-state index in [4.69, 9.17) is 4.74 Å². The third-order valence-corrected chi connectivity index (χ3v) is 4.57. The minimum absolute atomic E-state index is 0.0916. The van der Waals surface area contributed by atoms with E-state index in [0.29, 0.717) is 5.75 Å². The highest BCUT2D eigenvalue weighted by Gasteiger charge is 2.38. The number of nitrogens with zero attached hydrogens (tertiary/aromatic N) is 1. The number of aryl methyl sites for hydroxylation is 1. The van der Waals surface area contributed by atoms with Crippen molar-refractivity contribution in [3.63, 3.8) is 0 Å². The van der Waals surface area contributed by atoms with Crippen molar-refractivity contribution in [2.45, 2.75) is 6.92 Å². The number of imide groups is 2. The van der Waals surface area contributed by atoms with Gasteiger partial charge in [0.1, 0.15) is 11.3 Å². The van der Waals surface area contributed by atoms with E-state index in [9.17, 15) is 14.4 Å². The number of nitrogens with one attached hydrogen (secondary N) is 1. The van der Waals surface area contributed by atoms with Gasteiger partial charge in [-0.15, -0.1) is 11.3 Å². The normalized spacial score (nSPS) is 16.5. The van der Waals surface area contributed by atoms with Crippen LogP contribution in [0.5, 0.6) is 5.75 Å². The summed E-state index contributed by atoms with van der Waals surface area (Å²) in [6, 6.07) is 7.73. The van der Waals surface area contributed by atoms with Gasteiger partial charge in [0.25, 0.3) is 11.8 Å². The van der Waals surface area contributed by atoms with E-state index in [-0.39, 0.29) is 11.3 Å². The quantitative estimate of drug-likeness (QED) is 0.687. The zero-order valence-corrected chi connectivity index (χ0v) is 13.8. The minimum Gasteiger partial charge on any atom is -0.495 e. The van der Waals surface area contributed by atoms with E-state index in [1.54, 1.807) is 24.3 Å². The van der Waals surface area contributed by atoms with Crippen LogP contribution in [0.15, 0.2) is 41.3 Å². The number of anilines is 1. The lowest BCUT2D eigenvalue weighted by Crippen LogP contribution is -2.54. The van der Waals surface area contributed by atoms with E-state index in [0.717, 1.165) is 15.3 Å². The lowest BCUT2D eigenvalue weighted by molar-refractivity contribution is -0.122. The number of methoxy groups -OCH3 is 1. The fourth-order valence-corrected chi connectivity index (χ4v) is 3.21. The van der Waals surface area contributed by atoms with E-state index in [1.165, 1.54) is 24.5 Å². The summed E-state index contributed by atoms with van der Waals surface area (Å²) in [6.45, 7) is 1.89. The number of hydrogen-bond donors (Lipinski definition) is 1. The molecule has 0 bridgehead atoms. The van der Waals surface area contributed by atoms with Gasteiger partial charge in [-0.2, -0.15) is 0 Å². The molecule has 0 radical (unpaired) electrons. The van der Waals surface area contributed by atoms with Gasteiger partial charge in [-0.1, -0.05) is 12.1 Å². The molecule has 7 heteroatoms. The highest BCUT2D eigenvalue weighted by Crippen LogP contribution is 2.31. The summed E-state index contributed by atoms with van der Waals surface area (Å²) >= 11 is 1.42. The van der Waals surface area contributed by atoms with Crippen molar-refractivity contribution in [3.05, 3.63) is 51.7 Å². The van der Waals surface area contributed by atoms with Gasteiger partial charge in [-0.25, -0.2) is 9.69 Å². The Morgan fingerprint density at radius 3 is 2.58 bits per heavy atom. The second kappa shape index (κ2) is 6.29. The zero-order valence-electron chi connectivity index (χ0n) is 13.0. The summed E-state index contributed by atoms with van der Waals surface area (Å²) in [6.07, 6.45) is 1.51. The Balaban J connectivity index is 2.07. The number of hydrogen-bond acceptors (Lipinski definition) is 5. The SMILES string of the molecule is COc1ccccc1N1C(=O)NC(=O)/C(=C/c2sccc2C)C1=O. The third kappa shape index (κ3) is 2.69. The summed E-state index contributed by atoms with van der Waals surface area (Å²) in [5, 5.41) is 4.07. The van der Waals surface area contributed by atoms with Crippen LogP contribution in [0.25, 0.3) is 6.08 Å². The number of urea groups is 1. The van der Waals surface area contributed by atoms with Gasteiger partial charge in [0.05, 0.1) is 12.8 Å². The van der Waals surface area contributed by atoms with E-state index in [2.05, 4.69) is 5.32 Å². The fraction of sp³-hybridized carbons (Fsp3) is 0.118. The summed E-state index contributed by atoms with van der Waals surface area (Å²) in [4.78, 5) is 38.8. The van der Waals surface area contributed by atoms with Crippen molar-refractivity contribution >= 4 is 40.9 Å². The molecule has 0 atom stereocenters. The predicted molar refractivity (Wildman–Crippen MR) is 91.1 cm³/mol. The maximum atomic E-state index is 12.8. The number of ether oxygens (including phenoxy) is 1. The molecule has 2 heterocycles. The van der Waals surface area contributed by atoms with Gasteiger partial charge in [0.2, 0.25) is 0 Å². The van der Waals surface area contributed by atoms with Gasteiger partial charge in [-0.05, 0) is 42.1 Å². The first-order valence-corrected chi connectivity index (χ1v) is 7.99. The molecule has 1 fully saturated rings. The number of carbonyl (C=O) groups is 3. The molecular weight excluding hydrogens is 328 g/mol. The first-order valence-electron chi connectivity index (χ1n) is 7.11. The van der Waals surface area contributed by atoms with Gasteiger partial charge >= 0.3 is 6.03 Å². The summed E-state index contributed by atoms with van der Waals surface area (Å²) in [5.41, 5.74) is 1.14. The maximum absolute atomic E-state index is 12.8. The molecule has 6 nitrogen and oxygen atoms in total. The molecule has 3 rings (SSSR count). The highest BCUT2D eigenvalue weighted by molar-refractivity contribution is 7.11. The molecule has 0 aliphatic carbocycles. The first kappa shape index (κ1) is 15.9. The molecule has 1 aromatic carbocycles. The molecule has 1 aliphatic rings. The number of rotatable bonds is 3. The molecule has 1 aliphatic heterocycles. The Morgan fingerprint density at radius 1 is 1.17 bits per heavy atom. The molecule has 2 aromatic rings. The van der Waals surface area contributed by atoms with Gasteiger partial charge in [0, 0.05) is 4.88 Å². The number of barbiturate groups is 1. The number of thiophene rings is 1. The summed E-state index contributed by atoms with van der Waals surface area (Å²) < 4.78 is 5.21. The molecule has 4 amide bonds. The van der Waals surface area contributed by atoms with Crippen molar-refractivity contribution in [2.75, 3.05) is 12.0 Å². The molecule has 0 spiro atoms. The van der Waals surface area contributed by atoms with Crippen LogP contribution in [0.2, 0.25) is 0 Å². The van der Waals surface area contributed by atoms with E-state index >= 15 is 0 Å². The van der Waals surface area contributed by atoms with Crippen molar-refractivity contribution in [1.29, 1.82) is 0 Å². The van der Waals surface area contributed by atoms with Crippen LogP contribution in [-0.4, -0.2) is 25.0 Å². The molecule has 0 unspecified atom stereocenters. The maximum Gasteiger partial charge on any atom is 0.336 e. The average molecular weight is 342 g/mol. The van der Waals surface area contributed by atoms with Crippen LogP contribution in [0.3, 0.4) is 0 Å². The van der Waals surface area contributed by atoms with E-state index in [1.807, 2.05) is 18.4 Å². The molecule has 1 N–H and O–H groups in total. The van der Waals surface area contributed by atoms with Crippen LogP contribution in [-0.2, 0) is 9.59 Å². The van der Waals surface area contributed by atoms with Crippen LogP contribution in [0, 0.1) is 6.92 Å². The van der Waals surface area contributed by atoms with Crippen LogP contribution in [0.4, 0.5) is 10.5 Å². The number of benzene rings is 1. The highest BCUT2D eigenvalue weighted by atomic mass is 32.1. The predicted octanol–water partition coefficient (Wildman–Crippen LogP) is 2.73. The van der Waals surface area contributed by atoms with Crippen molar-refractivity contribution in [1.82, 2.24) is 5.32 Å². The zero-order chi connectivity index (χ0) is 17.3.